The van der Waals surface area contributed by atoms with Crippen molar-refractivity contribution in [1.82, 2.24) is 15.2 Å². The van der Waals surface area contributed by atoms with Crippen LogP contribution in [0.4, 0.5) is 0 Å². The molecule has 0 bridgehead atoms. The first kappa shape index (κ1) is 13.8. The maximum absolute atomic E-state index is 11.0. The van der Waals surface area contributed by atoms with Gasteiger partial charge >= 0.3 is 0 Å². The molecule has 0 aromatic heterocycles. The summed E-state index contributed by atoms with van der Waals surface area (Å²) in [6, 6.07) is 0.792. The molecule has 0 radical (unpaired) electrons. The van der Waals surface area contributed by atoms with Gasteiger partial charge in [0, 0.05) is 19.0 Å². The van der Waals surface area contributed by atoms with E-state index in [1.54, 1.807) is 0 Å². The summed E-state index contributed by atoms with van der Waals surface area (Å²) in [5.41, 5.74) is 2.18. The summed E-state index contributed by atoms with van der Waals surface area (Å²) < 4.78 is 0. The van der Waals surface area contributed by atoms with Gasteiger partial charge in [0.2, 0.25) is 5.91 Å². The van der Waals surface area contributed by atoms with Crippen molar-refractivity contribution >= 4 is 5.91 Å². The molecular weight excluding hydrogens is 228 g/mol. The van der Waals surface area contributed by atoms with Crippen molar-refractivity contribution in [2.24, 2.45) is 5.84 Å². The van der Waals surface area contributed by atoms with E-state index in [1.807, 2.05) is 0 Å². The highest BCUT2D eigenvalue weighted by atomic mass is 16.2. The van der Waals surface area contributed by atoms with Crippen LogP contribution in [-0.4, -0.2) is 54.5 Å². The van der Waals surface area contributed by atoms with E-state index in [1.165, 1.54) is 45.4 Å². The Morgan fingerprint density at radius 2 is 2.00 bits per heavy atom. The van der Waals surface area contributed by atoms with E-state index in [4.69, 9.17) is 5.84 Å². The molecular formula is C13H26N4O. The molecule has 1 unspecified atom stereocenters. The van der Waals surface area contributed by atoms with Crippen LogP contribution in [0.3, 0.4) is 0 Å². The standard InChI is InChI=1S/C13H26N4O/c14-15-13(18)5-1-2-7-16-10-6-12(11-16)17-8-3-4-9-17/h12H,1-11,14H2,(H,15,18). The van der Waals surface area contributed by atoms with E-state index in [0.717, 1.165) is 25.4 Å². The van der Waals surface area contributed by atoms with Crippen LogP contribution in [0.1, 0.15) is 38.5 Å². The van der Waals surface area contributed by atoms with E-state index in [0.29, 0.717) is 6.42 Å². The topological polar surface area (TPSA) is 61.6 Å². The van der Waals surface area contributed by atoms with Crippen LogP contribution in [0, 0.1) is 0 Å². The summed E-state index contributed by atoms with van der Waals surface area (Å²) in [5, 5.41) is 0. The van der Waals surface area contributed by atoms with Gasteiger partial charge in [-0.15, -0.1) is 0 Å². The molecule has 3 N–H and O–H groups in total. The van der Waals surface area contributed by atoms with Crippen molar-refractivity contribution in [3.05, 3.63) is 0 Å². The van der Waals surface area contributed by atoms with Crippen molar-refractivity contribution in [2.75, 3.05) is 32.7 Å². The van der Waals surface area contributed by atoms with Crippen LogP contribution in [0.25, 0.3) is 0 Å². The fourth-order valence-corrected chi connectivity index (χ4v) is 3.11. The van der Waals surface area contributed by atoms with Gasteiger partial charge in [-0.05, 0) is 58.3 Å². The number of likely N-dealkylation sites (tertiary alicyclic amines) is 2. The summed E-state index contributed by atoms with van der Waals surface area (Å²) >= 11 is 0. The molecule has 0 aromatic carbocycles. The number of hydrazine groups is 1. The third kappa shape index (κ3) is 3.93. The quantitative estimate of drug-likeness (QED) is 0.310. The Bertz CT molecular complexity index is 266. The van der Waals surface area contributed by atoms with Crippen LogP contribution >= 0.6 is 0 Å². The van der Waals surface area contributed by atoms with E-state index >= 15 is 0 Å². The molecule has 5 nitrogen and oxygen atoms in total. The molecule has 5 heteroatoms. The first-order valence-corrected chi connectivity index (χ1v) is 7.25. The molecule has 2 aliphatic rings. The van der Waals surface area contributed by atoms with Crippen molar-refractivity contribution in [3.63, 3.8) is 0 Å². The third-order valence-corrected chi connectivity index (χ3v) is 4.19. The average molecular weight is 254 g/mol. The molecule has 2 saturated heterocycles. The summed E-state index contributed by atoms with van der Waals surface area (Å²) in [6.07, 6.45) is 6.67. The van der Waals surface area contributed by atoms with Crippen LogP contribution in [0.2, 0.25) is 0 Å². The molecule has 1 atom stereocenters. The van der Waals surface area contributed by atoms with E-state index < -0.39 is 0 Å². The molecule has 0 aliphatic carbocycles. The number of carbonyl (C=O) groups is 1. The zero-order valence-electron chi connectivity index (χ0n) is 11.2. The minimum absolute atomic E-state index is 0.0497. The van der Waals surface area contributed by atoms with Gasteiger partial charge < -0.3 is 4.90 Å². The fourth-order valence-electron chi connectivity index (χ4n) is 3.11. The fraction of sp³-hybridized carbons (Fsp3) is 0.923. The minimum atomic E-state index is -0.0497. The molecule has 0 saturated carbocycles. The highest BCUT2D eigenvalue weighted by Crippen LogP contribution is 2.20. The van der Waals surface area contributed by atoms with Crippen molar-refractivity contribution in [2.45, 2.75) is 44.6 Å². The predicted octanol–water partition coefficient (Wildman–Crippen LogP) is 0.317. The number of nitrogens with one attached hydrogen (secondary N) is 1. The number of carbonyl (C=O) groups excluding carboxylic acids is 1. The number of amides is 1. The molecule has 0 aromatic rings. The van der Waals surface area contributed by atoms with E-state index in [-0.39, 0.29) is 5.91 Å². The Balaban J connectivity index is 1.56. The average Bonchev–Trinajstić information content (AvgIpc) is 3.04. The Kier molecular flexibility index (Phi) is 5.41. The Morgan fingerprint density at radius 3 is 2.72 bits per heavy atom. The molecule has 0 spiro atoms. The van der Waals surface area contributed by atoms with Gasteiger partial charge in [0.15, 0.2) is 0 Å². The highest BCUT2D eigenvalue weighted by molar-refractivity contribution is 5.75. The molecule has 2 heterocycles. The first-order chi connectivity index (χ1) is 8.79. The zero-order valence-corrected chi connectivity index (χ0v) is 11.2. The predicted molar refractivity (Wildman–Crippen MR) is 71.8 cm³/mol. The summed E-state index contributed by atoms with van der Waals surface area (Å²) in [5.74, 6) is 5.00. The number of rotatable bonds is 6. The minimum Gasteiger partial charge on any atom is -0.302 e. The number of hydrogen-bond acceptors (Lipinski definition) is 4. The lowest BCUT2D eigenvalue weighted by atomic mass is 10.2. The molecule has 2 rings (SSSR count). The number of hydrogen-bond donors (Lipinski definition) is 2. The van der Waals surface area contributed by atoms with Gasteiger partial charge in [-0.2, -0.15) is 0 Å². The Morgan fingerprint density at radius 1 is 1.22 bits per heavy atom. The van der Waals surface area contributed by atoms with E-state index in [9.17, 15) is 4.79 Å². The molecule has 2 aliphatic heterocycles. The molecule has 1 amide bonds. The Hall–Kier alpha value is -0.650. The number of unbranched alkanes of at least 4 members (excludes halogenated alkanes) is 1. The summed E-state index contributed by atoms with van der Waals surface area (Å²) in [4.78, 5) is 16.2. The van der Waals surface area contributed by atoms with Crippen LogP contribution in [-0.2, 0) is 4.79 Å². The summed E-state index contributed by atoms with van der Waals surface area (Å²) in [7, 11) is 0. The lowest BCUT2D eigenvalue weighted by molar-refractivity contribution is -0.121. The molecule has 2 fully saturated rings. The zero-order chi connectivity index (χ0) is 12.8. The van der Waals surface area contributed by atoms with Gasteiger partial charge in [0.25, 0.3) is 0 Å². The molecule has 18 heavy (non-hydrogen) atoms. The van der Waals surface area contributed by atoms with E-state index in [2.05, 4.69) is 15.2 Å². The van der Waals surface area contributed by atoms with Crippen molar-refractivity contribution < 1.29 is 4.79 Å². The van der Waals surface area contributed by atoms with Gasteiger partial charge in [-0.3, -0.25) is 15.1 Å². The lowest BCUT2D eigenvalue weighted by Gasteiger charge is -2.23. The second kappa shape index (κ2) is 7.07. The van der Waals surface area contributed by atoms with Gasteiger partial charge in [0.05, 0.1) is 0 Å². The number of nitrogens with two attached hydrogens (primary N) is 1. The van der Waals surface area contributed by atoms with Crippen LogP contribution < -0.4 is 11.3 Å². The monoisotopic (exact) mass is 254 g/mol. The van der Waals surface area contributed by atoms with Gasteiger partial charge in [-0.1, -0.05) is 0 Å². The highest BCUT2D eigenvalue weighted by Gasteiger charge is 2.28. The maximum atomic E-state index is 11.0. The lowest BCUT2D eigenvalue weighted by Crippen LogP contribution is -2.35. The van der Waals surface area contributed by atoms with Crippen LogP contribution in [0.5, 0.6) is 0 Å². The largest absolute Gasteiger partial charge is 0.302 e. The smallest absolute Gasteiger partial charge is 0.233 e. The normalized spacial score (nSPS) is 25.7. The molecule has 104 valence electrons. The van der Waals surface area contributed by atoms with Crippen molar-refractivity contribution in [1.29, 1.82) is 0 Å². The second-order valence-electron chi connectivity index (χ2n) is 5.51. The maximum Gasteiger partial charge on any atom is 0.233 e. The van der Waals surface area contributed by atoms with Crippen molar-refractivity contribution in [3.8, 4) is 0 Å². The first-order valence-electron chi connectivity index (χ1n) is 7.25. The van der Waals surface area contributed by atoms with Crippen LogP contribution in [0.15, 0.2) is 0 Å². The Labute approximate surface area is 110 Å². The van der Waals surface area contributed by atoms with Gasteiger partial charge in [0.1, 0.15) is 0 Å². The third-order valence-electron chi connectivity index (χ3n) is 4.19. The second-order valence-corrected chi connectivity index (χ2v) is 5.51. The number of nitrogens with zero attached hydrogens (tertiary/aromatic N) is 2. The SMILES string of the molecule is NNC(=O)CCCCN1CCC(N2CCCC2)C1. The summed E-state index contributed by atoms with van der Waals surface area (Å²) in [6.45, 7) is 6.18. The van der Waals surface area contributed by atoms with Gasteiger partial charge in [-0.25, -0.2) is 5.84 Å².